The molecule has 0 bridgehead atoms. The van der Waals surface area contributed by atoms with Gasteiger partial charge >= 0.3 is 17.9 Å². The van der Waals surface area contributed by atoms with E-state index < -0.39 is 279 Å². The van der Waals surface area contributed by atoms with Crippen molar-refractivity contribution in [3.05, 3.63) is 35.4 Å². The van der Waals surface area contributed by atoms with Gasteiger partial charge in [-0.3, -0.25) is 9.59 Å². The van der Waals surface area contributed by atoms with Crippen LogP contribution in [0, 0.1) is 50.2 Å². The van der Waals surface area contributed by atoms with E-state index in [1.807, 2.05) is 13.0 Å². The van der Waals surface area contributed by atoms with E-state index in [1.165, 1.54) is 48.2 Å². The largest absolute Gasteiger partial charge is 0.496 e. The lowest BCUT2D eigenvalue weighted by Crippen LogP contribution is -2.71. The number of esters is 2. The van der Waals surface area contributed by atoms with Gasteiger partial charge in [-0.15, -0.1) is 0 Å². The summed E-state index contributed by atoms with van der Waals surface area (Å²) in [6.07, 6.45) is -41.2. The van der Waals surface area contributed by atoms with Crippen LogP contribution in [0.4, 0.5) is 0 Å². The quantitative estimate of drug-likeness (QED) is 0.0236. The van der Waals surface area contributed by atoms with Gasteiger partial charge in [-0.2, -0.15) is 0 Å². The highest BCUT2D eigenvalue weighted by Crippen LogP contribution is 2.76. The number of carboxylic acid groups (broad SMARTS) is 1. The maximum Gasteiger partial charge on any atom is 0.331 e. The fourth-order valence-electron chi connectivity index (χ4n) is 20.4. The summed E-state index contributed by atoms with van der Waals surface area (Å²) in [5.41, 5.74) is -7.88. The van der Waals surface area contributed by atoms with Crippen molar-refractivity contribution in [1.82, 2.24) is 0 Å². The van der Waals surface area contributed by atoms with Crippen LogP contribution in [0.25, 0.3) is 6.08 Å². The van der Waals surface area contributed by atoms with E-state index in [0.717, 1.165) is 11.6 Å². The van der Waals surface area contributed by atoms with Crippen molar-refractivity contribution in [1.29, 1.82) is 0 Å². The minimum atomic E-state index is -2.31. The zero-order chi connectivity index (χ0) is 80.9. The van der Waals surface area contributed by atoms with Crippen LogP contribution >= 0.6 is 0 Å². The molecule has 1 aromatic carbocycles. The van der Waals surface area contributed by atoms with Crippen molar-refractivity contribution in [2.75, 3.05) is 61.0 Å². The third-order valence-corrected chi connectivity index (χ3v) is 26.9. The molecule has 36 nitrogen and oxygen atoms in total. The number of carbonyl (C=O) groups excluding carboxylic acids is 2. The average Bonchev–Trinajstić information content (AvgIpc) is 1.39. The average molecular weight is 1590 g/mol. The highest BCUT2D eigenvalue weighted by atomic mass is 16.8. The van der Waals surface area contributed by atoms with Gasteiger partial charge in [-0.25, -0.2) is 4.79 Å². The number of ether oxygens (including phenoxy) is 16. The van der Waals surface area contributed by atoms with Crippen molar-refractivity contribution in [2.45, 2.75) is 278 Å². The van der Waals surface area contributed by atoms with Crippen LogP contribution in [0.3, 0.4) is 0 Å². The second kappa shape index (κ2) is 32.7. The van der Waals surface area contributed by atoms with Gasteiger partial charge in [0, 0.05) is 23.6 Å². The fourth-order valence-corrected chi connectivity index (χ4v) is 20.4. The Morgan fingerprint density at radius 1 is 0.559 bits per heavy atom. The number of allylic oxidation sites excluding steroid dienone is 1. The molecule has 5 aliphatic carbocycles. The number of methoxy groups -OCH3 is 3. The number of aliphatic hydroxyl groups is 16. The topological polar surface area (TPSA) is 543 Å². The van der Waals surface area contributed by atoms with Crippen molar-refractivity contribution in [3.63, 3.8) is 0 Å². The molecule has 0 aromatic heterocycles. The maximum absolute atomic E-state index is 16.2. The minimum Gasteiger partial charge on any atom is -0.496 e. The lowest BCUT2D eigenvalue weighted by atomic mass is 9.33. The molecule has 8 unspecified atom stereocenters. The molecule has 4 saturated carbocycles. The molecular formula is C75H112O36. The Morgan fingerprint density at radius 2 is 1.15 bits per heavy atom. The highest BCUT2D eigenvalue weighted by Gasteiger charge is 2.74. The number of benzene rings is 1. The van der Waals surface area contributed by atoms with E-state index in [1.54, 1.807) is 12.1 Å². The predicted octanol–water partition coefficient (Wildman–Crippen LogP) is -3.11. The molecule has 6 heterocycles. The van der Waals surface area contributed by atoms with Crippen LogP contribution in [0.2, 0.25) is 0 Å². The fraction of sp³-hybridized carbons (Fsp3) is 0.827. The Hall–Kier alpha value is -4.57. The Balaban J connectivity index is 0.860. The first-order valence-electron chi connectivity index (χ1n) is 38.0. The van der Waals surface area contributed by atoms with Gasteiger partial charge < -0.3 is 163 Å². The molecular weight excluding hydrogens is 1480 g/mol. The Labute approximate surface area is 640 Å². The van der Waals surface area contributed by atoms with Crippen LogP contribution in [0.1, 0.15) is 112 Å². The second-order valence-electron chi connectivity index (χ2n) is 33.7. The second-order valence-corrected chi connectivity index (χ2v) is 33.7. The normalized spacial score (nSPS) is 48.4. The van der Waals surface area contributed by atoms with Gasteiger partial charge in [0.2, 0.25) is 6.29 Å². The lowest BCUT2D eigenvalue weighted by molar-refractivity contribution is -0.388. The van der Waals surface area contributed by atoms with Crippen molar-refractivity contribution >= 4 is 24.0 Å². The molecule has 12 rings (SSSR count). The Morgan fingerprint density at radius 3 is 1.78 bits per heavy atom. The summed E-state index contributed by atoms with van der Waals surface area (Å²) in [7, 11) is 4.21. The zero-order valence-electron chi connectivity index (χ0n) is 63.7. The smallest absolute Gasteiger partial charge is 0.331 e. The SMILES string of the molecule is COc1cc(OC)c(/C=C/C(=O)O[C@@H]2[C@H](O)[C@@H](O[C@@H]3O[C@@H](C)[C@H](O[C@H]4OC[C@@H](O)[C@H](O[C@H]5OC[C@H](O)[C@H](O)[C@H]5O)[C@H]4O)[C@@H](OC4OC[C@](O)(CO)[C@H]4O)[C@H]3O)[C@@H](OC(=O)C34CCC(C)(C)CC3C3=CCC5[C@@]6(C)CC(O)C(OC7O[C@H](CO)[C@@H](O)[C@H](O)[C@H]7O)[C@@](C)(C(=O)O)C6CC[C@@]5(C)[C@]3(CO)CC4)O[C@@H]2C)c(OC)c1. The van der Waals surface area contributed by atoms with Gasteiger partial charge in [0.15, 0.2) is 43.7 Å². The zero-order valence-corrected chi connectivity index (χ0v) is 63.7. The molecule has 17 N–H and O–H groups in total. The predicted molar refractivity (Wildman–Crippen MR) is 371 cm³/mol. The van der Waals surface area contributed by atoms with Crippen LogP contribution in [-0.4, -0.2) is 337 Å². The van der Waals surface area contributed by atoms with Crippen LogP contribution in [0.5, 0.6) is 17.2 Å². The number of carboxylic acids is 1. The third-order valence-electron chi connectivity index (χ3n) is 26.9. The summed E-state index contributed by atoms with van der Waals surface area (Å²) in [5.74, 6) is -4.16. The third kappa shape index (κ3) is 15.0. The van der Waals surface area contributed by atoms with Crippen LogP contribution < -0.4 is 14.2 Å². The summed E-state index contributed by atoms with van der Waals surface area (Å²) in [6, 6.07) is 3.09. The minimum absolute atomic E-state index is 0.0238. The number of aliphatic carboxylic acids is 1. The number of hydrogen-bond donors (Lipinski definition) is 17. The summed E-state index contributed by atoms with van der Waals surface area (Å²) in [5, 5.41) is 191. The molecule has 36 heteroatoms. The molecule has 111 heavy (non-hydrogen) atoms. The van der Waals surface area contributed by atoms with Crippen molar-refractivity contribution in [3.8, 4) is 17.2 Å². The molecule has 36 atom stereocenters. The molecule has 11 aliphatic rings. The Bertz CT molecular complexity index is 3480. The number of fused-ring (bicyclic) bond motifs is 7. The van der Waals surface area contributed by atoms with Crippen molar-refractivity contribution < 1.29 is 177 Å². The monoisotopic (exact) mass is 1590 g/mol. The number of aliphatic hydroxyl groups excluding tert-OH is 15. The Kier molecular flexibility index (Phi) is 25.3. The molecule has 1 aromatic rings. The summed E-state index contributed by atoms with van der Waals surface area (Å²) >= 11 is 0. The first-order chi connectivity index (χ1) is 52.3. The van der Waals surface area contributed by atoms with E-state index in [4.69, 9.17) is 75.8 Å². The van der Waals surface area contributed by atoms with Crippen molar-refractivity contribution in [2.24, 2.45) is 50.2 Å². The lowest BCUT2D eigenvalue weighted by Gasteiger charge is -2.71. The van der Waals surface area contributed by atoms with Gasteiger partial charge in [-0.05, 0) is 119 Å². The summed E-state index contributed by atoms with van der Waals surface area (Å²) in [6.45, 7) is 8.41. The molecule has 0 radical (unpaired) electrons. The van der Waals surface area contributed by atoms with Crippen LogP contribution in [0.15, 0.2) is 29.9 Å². The van der Waals surface area contributed by atoms with E-state index in [9.17, 15) is 96.4 Å². The van der Waals surface area contributed by atoms with Crippen LogP contribution in [-0.2, 0) is 76.0 Å². The van der Waals surface area contributed by atoms with E-state index in [2.05, 4.69) is 20.8 Å². The first kappa shape index (κ1) is 85.8. The van der Waals surface area contributed by atoms with E-state index in [-0.39, 0.29) is 49.2 Å². The highest BCUT2D eigenvalue weighted by molar-refractivity contribution is 5.89. The van der Waals surface area contributed by atoms with Gasteiger partial charge in [0.25, 0.3) is 0 Å². The molecule has 6 saturated heterocycles. The number of hydrogen-bond acceptors (Lipinski definition) is 35. The molecule has 10 fully saturated rings. The number of rotatable bonds is 22. The summed E-state index contributed by atoms with van der Waals surface area (Å²) in [4.78, 5) is 44.4. The molecule has 0 spiro atoms. The number of carbonyl (C=O) groups is 3. The van der Waals surface area contributed by atoms with Gasteiger partial charge in [0.05, 0.1) is 95.7 Å². The molecule has 6 aliphatic heterocycles. The summed E-state index contributed by atoms with van der Waals surface area (Å²) < 4.78 is 95.8. The van der Waals surface area contributed by atoms with E-state index >= 15 is 4.79 Å². The van der Waals surface area contributed by atoms with Gasteiger partial charge in [0.1, 0.15) is 121 Å². The standard InChI is InChI=1S/C75H112O36/c1-31-54(105-45(82)14-11-34-40(97-9)21-33(96-8)22-41(34)98-10)51(88)58(109-64-53(90)57(108-66-59(91)75(95,29-78)30-101-66)55(32(2)102-64)106-62-52(89)56(39(81)27-100-62)107-61-49(86)46(83)38(80)26-99-61)65(103-31)111-68(94)73-18-17-69(3,4)23-36(73)35-12-13-43-70(5)24-37(79)60(110-63-50(87)48(85)47(84)42(25-76)104-63)72(7,67(92)93)44(70)15-16-71(43,6)74(35,28-77)20-19-73/h11-12,14,21-22,31-32,36-39,42-44,46-66,76-81,83-91,95H,13,15-20,23-30H2,1-10H3,(H,92,93)/b14-11+/t31-,32+,36?,37?,38+,39-,42-,43?,44?,46+,47-,48+,49-,50-,51+,52-,53-,54+,55+,56+,57+,58-,59+,60?,61-,62-,63?,64+,65-,66?,70-,71-,72+,73?,74+,75-/m1/s1. The first-order valence-corrected chi connectivity index (χ1v) is 38.0. The maximum atomic E-state index is 16.2. The van der Waals surface area contributed by atoms with Gasteiger partial charge in [-0.1, -0.05) is 39.3 Å². The molecule has 628 valence electrons. The van der Waals surface area contributed by atoms with E-state index in [0.29, 0.717) is 31.4 Å². The molecule has 0 amide bonds.